The largest absolute Gasteiger partial charge is 0.493 e. The van der Waals surface area contributed by atoms with Crippen molar-refractivity contribution in [2.75, 3.05) is 6.61 Å². The molecule has 1 aromatic carbocycles. The van der Waals surface area contributed by atoms with Crippen LogP contribution < -0.4 is 4.74 Å². The fourth-order valence-corrected chi connectivity index (χ4v) is 1.60. The van der Waals surface area contributed by atoms with E-state index >= 15 is 0 Å². The number of fused-ring (bicyclic) bond motifs is 1. The summed E-state index contributed by atoms with van der Waals surface area (Å²) in [7, 11) is 0. The molecule has 1 aliphatic rings. The van der Waals surface area contributed by atoms with Crippen molar-refractivity contribution in [3.63, 3.8) is 0 Å². The molecule has 1 atom stereocenters. The SMILES string of the molecule is CC(C)C1[CH]c2ccccc2OC1. The van der Waals surface area contributed by atoms with Crippen LogP contribution in [0.5, 0.6) is 5.75 Å². The first-order chi connectivity index (χ1) is 6.27. The monoisotopic (exact) mass is 175 g/mol. The molecule has 2 rings (SSSR count). The van der Waals surface area contributed by atoms with Gasteiger partial charge in [-0.05, 0) is 17.5 Å². The third-order valence-electron chi connectivity index (χ3n) is 2.60. The lowest BCUT2D eigenvalue weighted by atomic mass is 9.88. The Kier molecular flexibility index (Phi) is 2.26. The van der Waals surface area contributed by atoms with Crippen LogP contribution in [-0.4, -0.2) is 6.61 Å². The van der Waals surface area contributed by atoms with Gasteiger partial charge in [0.15, 0.2) is 0 Å². The zero-order valence-corrected chi connectivity index (χ0v) is 8.16. The van der Waals surface area contributed by atoms with Gasteiger partial charge in [-0.15, -0.1) is 0 Å². The van der Waals surface area contributed by atoms with E-state index in [2.05, 4.69) is 32.4 Å². The fraction of sp³-hybridized carbons (Fsp3) is 0.417. The Labute approximate surface area is 79.7 Å². The fourth-order valence-electron chi connectivity index (χ4n) is 1.60. The van der Waals surface area contributed by atoms with E-state index in [4.69, 9.17) is 4.74 Å². The van der Waals surface area contributed by atoms with Crippen molar-refractivity contribution in [3.05, 3.63) is 36.2 Å². The van der Waals surface area contributed by atoms with Crippen molar-refractivity contribution in [3.8, 4) is 5.75 Å². The lowest BCUT2D eigenvalue weighted by Crippen LogP contribution is -2.23. The predicted octanol–water partition coefficient (Wildman–Crippen LogP) is 2.90. The van der Waals surface area contributed by atoms with E-state index in [0.29, 0.717) is 11.8 Å². The summed E-state index contributed by atoms with van der Waals surface area (Å²) in [5.41, 5.74) is 1.24. The molecule has 0 spiro atoms. The lowest BCUT2D eigenvalue weighted by molar-refractivity contribution is 0.216. The van der Waals surface area contributed by atoms with E-state index in [-0.39, 0.29) is 0 Å². The van der Waals surface area contributed by atoms with Gasteiger partial charge in [-0.25, -0.2) is 0 Å². The van der Waals surface area contributed by atoms with Crippen molar-refractivity contribution in [2.45, 2.75) is 13.8 Å². The zero-order valence-electron chi connectivity index (χ0n) is 8.16. The van der Waals surface area contributed by atoms with Crippen LogP contribution in [-0.2, 0) is 0 Å². The third kappa shape index (κ3) is 1.69. The molecule has 1 heteroatoms. The minimum Gasteiger partial charge on any atom is -0.493 e. The van der Waals surface area contributed by atoms with E-state index < -0.39 is 0 Å². The van der Waals surface area contributed by atoms with Crippen LogP contribution in [0.25, 0.3) is 0 Å². The third-order valence-corrected chi connectivity index (χ3v) is 2.60. The Morgan fingerprint density at radius 3 is 2.85 bits per heavy atom. The second-order valence-corrected chi connectivity index (χ2v) is 3.92. The van der Waals surface area contributed by atoms with Crippen LogP contribution in [0.2, 0.25) is 0 Å². The molecule has 0 bridgehead atoms. The van der Waals surface area contributed by atoms with Gasteiger partial charge in [0, 0.05) is 12.3 Å². The maximum Gasteiger partial charge on any atom is 0.122 e. The Morgan fingerprint density at radius 1 is 1.31 bits per heavy atom. The predicted molar refractivity (Wildman–Crippen MR) is 53.7 cm³/mol. The van der Waals surface area contributed by atoms with Crippen molar-refractivity contribution in [1.29, 1.82) is 0 Å². The van der Waals surface area contributed by atoms with Crippen LogP contribution >= 0.6 is 0 Å². The molecular weight excluding hydrogens is 160 g/mol. The van der Waals surface area contributed by atoms with Crippen molar-refractivity contribution in [1.82, 2.24) is 0 Å². The summed E-state index contributed by atoms with van der Waals surface area (Å²) >= 11 is 0. The van der Waals surface area contributed by atoms with Gasteiger partial charge in [-0.1, -0.05) is 32.0 Å². The maximum absolute atomic E-state index is 5.67. The van der Waals surface area contributed by atoms with Gasteiger partial charge in [-0.3, -0.25) is 0 Å². The number of benzene rings is 1. The number of hydrogen-bond acceptors (Lipinski definition) is 1. The average Bonchev–Trinajstić information content (AvgIpc) is 2.17. The Bertz CT molecular complexity index is 291. The molecule has 13 heavy (non-hydrogen) atoms. The molecule has 0 amide bonds. The molecule has 1 radical (unpaired) electrons. The van der Waals surface area contributed by atoms with Crippen LogP contribution in [0.1, 0.15) is 19.4 Å². The summed E-state index contributed by atoms with van der Waals surface area (Å²) in [6.45, 7) is 5.30. The molecular formula is C12H15O. The first kappa shape index (κ1) is 8.61. The molecule has 0 saturated heterocycles. The first-order valence-electron chi connectivity index (χ1n) is 4.84. The molecule has 0 saturated carbocycles. The average molecular weight is 175 g/mol. The van der Waals surface area contributed by atoms with Crippen LogP contribution in [0.3, 0.4) is 0 Å². The summed E-state index contributed by atoms with van der Waals surface area (Å²) in [4.78, 5) is 0. The Balaban J connectivity index is 2.20. The van der Waals surface area contributed by atoms with Gasteiger partial charge in [0.1, 0.15) is 5.75 Å². The van der Waals surface area contributed by atoms with Gasteiger partial charge < -0.3 is 4.74 Å². The highest BCUT2D eigenvalue weighted by molar-refractivity contribution is 5.40. The molecule has 0 fully saturated rings. The molecule has 69 valence electrons. The zero-order chi connectivity index (χ0) is 9.26. The van der Waals surface area contributed by atoms with E-state index in [0.717, 1.165) is 12.4 Å². The van der Waals surface area contributed by atoms with Crippen molar-refractivity contribution in [2.24, 2.45) is 11.8 Å². The molecule has 1 nitrogen and oxygen atoms in total. The highest BCUT2D eigenvalue weighted by atomic mass is 16.5. The number of hydrogen-bond donors (Lipinski definition) is 0. The lowest BCUT2D eigenvalue weighted by Gasteiger charge is -2.27. The molecule has 1 unspecified atom stereocenters. The highest BCUT2D eigenvalue weighted by Gasteiger charge is 2.21. The number of ether oxygens (including phenoxy) is 1. The van der Waals surface area contributed by atoms with Gasteiger partial charge in [-0.2, -0.15) is 0 Å². The maximum atomic E-state index is 5.67. The second kappa shape index (κ2) is 3.41. The Morgan fingerprint density at radius 2 is 2.08 bits per heavy atom. The normalized spacial score (nSPS) is 21.0. The smallest absolute Gasteiger partial charge is 0.122 e. The van der Waals surface area contributed by atoms with Gasteiger partial charge in [0.05, 0.1) is 6.61 Å². The molecule has 0 aromatic heterocycles. The molecule has 1 aliphatic heterocycles. The summed E-state index contributed by atoms with van der Waals surface area (Å²) in [5.74, 6) is 2.25. The summed E-state index contributed by atoms with van der Waals surface area (Å²) in [6, 6.07) is 8.22. The van der Waals surface area contributed by atoms with E-state index in [9.17, 15) is 0 Å². The van der Waals surface area contributed by atoms with Gasteiger partial charge >= 0.3 is 0 Å². The number of rotatable bonds is 1. The highest BCUT2D eigenvalue weighted by Crippen LogP contribution is 2.31. The minimum absolute atomic E-state index is 0.565. The molecule has 0 aliphatic carbocycles. The quantitative estimate of drug-likeness (QED) is 0.637. The second-order valence-electron chi connectivity index (χ2n) is 3.92. The molecule has 1 aromatic rings. The van der Waals surface area contributed by atoms with Crippen LogP contribution in [0, 0.1) is 18.3 Å². The summed E-state index contributed by atoms with van der Waals surface area (Å²) < 4.78 is 5.67. The first-order valence-corrected chi connectivity index (χ1v) is 4.84. The van der Waals surface area contributed by atoms with Crippen LogP contribution in [0.15, 0.2) is 24.3 Å². The minimum atomic E-state index is 0.565. The topological polar surface area (TPSA) is 9.23 Å². The molecule has 0 N–H and O–H groups in total. The number of para-hydroxylation sites is 1. The standard InChI is InChI=1S/C12H15O/c1-9(2)11-7-10-5-3-4-6-12(10)13-8-11/h3-7,9,11H,8H2,1-2H3. The van der Waals surface area contributed by atoms with Crippen molar-refractivity contribution >= 4 is 0 Å². The van der Waals surface area contributed by atoms with E-state index in [1.165, 1.54) is 5.56 Å². The summed E-state index contributed by atoms with van der Waals surface area (Å²) in [5, 5.41) is 0. The van der Waals surface area contributed by atoms with E-state index in [1.807, 2.05) is 12.1 Å². The van der Waals surface area contributed by atoms with E-state index in [1.54, 1.807) is 0 Å². The summed E-state index contributed by atoms with van der Waals surface area (Å²) in [6.07, 6.45) is 2.32. The van der Waals surface area contributed by atoms with Gasteiger partial charge in [0.25, 0.3) is 0 Å². The van der Waals surface area contributed by atoms with Gasteiger partial charge in [0.2, 0.25) is 0 Å². The van der Waals surface area contributed by atoms with Crippen molar-refractivity contribution < 1.29 is 4.74 Å². The molecule has 1 heterocycles. The van der Waals surface area contributed by atoms with Crippen LogP contribution in [0.4, 0.5) is 0 Å². The Hall–Kier alpha value is -0.980.